The summed E-state index contributed by atoms with van der Waals surface area (Å²) in [5.41, 5.74) is -0.269. The Morgan fingerprint density at radius 1 is 1.12 bits per heavy atom. The fraction of sp³-hybridized carbons (Fsp3) is 0.571. The van der Waals surface area contributed by atoms with Crippen molar-refractivity contribution in [2.24, 2.45) is 0 Å². The van der Waals surface area contributed by atoms with Gasteiger partial charge in [-0.2, -0.15) is 0 Å². The fourth-order valence-corrected chi connectivity index (χ4v) is 3.23. The summed E-state index contributed by atoms with van der Waals surface area (Å²) in [5.74, 6) is 0. The first-order valence-corrected chi connectivity index (χ1v) is 9.48. The van der Waals surface area contributed by atoms with Gasteiger partial charge < -0.3 is 25.5 Å². The first kappa shape index (κ1) is 20.4. The molecule has 9 nitrogen and oxygen atoms in total. The Hall–Kier alpha value is -1.67. The molecule has 0 aromatic carbocycles. The van der Waals surface area contributed by atoms with Gasteiger partial charge in [-0.15, -0.1) is 0 Å². The highest BCUT2D eigenvalue weighted by molar-refractivity contribution is 7.50. The summed E-state index contributed by atoms with van der Waals surface area (Å²) >= 11 is 0. The minimum atomic E-state index is -4.11. The van der Waals surface area contributed by atoms with Crippen molar-refractivity contribution in [1.82, 2.24) is 20.7 Å². The lowest BCUT2D eigenvalue weighted by molar-refractivity contribution is -0.193. The number of aromatic nitrogens is 3. The second kappa shape index (κ2) is 8.98. The third-order valence-electron chi connectivity index (χ3n) is 3.78. The van der Waals surface area contributed by atoms with E-state index >= 15 is 0 Å². The molecule has 2 aromatic heterocycles. The van der Waals surface area contributed by atoms with Crippen LogP contribution in [0.5, 0.6) is 0 Å². The molecule has 0 spiro atoms. The standard InChI is InChI=1S/C14H22N3O5P.H3N/c18-13-11-7-8-15-12(11)17(14(19)16-13)9-5-3-1-2-4-6-10-23(20,21)22;/h7-8,15H,1-6,9-10H2,(H,16,18,19)(H2,20,21,22);1H3. The van der Waals surface area contributed by atoms with E-state index in [1.54, 1.807) is 12.3 Å². The Kier molecular flexibility index (Phi) is 7.62. The molecule has 0 bridgehead atoms. The van der Waals surface area contributed by atoms with E-state index < -0.39 is 13.3 Å². The number of hydrogen-bond acceptors (Lipinski definition) is 4. The quantitative estimate of drug-likeness (QED) is 0.389. The maximum atomic E-state index is 11.9. The molecule has 1 unspecified atom stereocenters. The van der Waals surface area contributed by atoms with Crippen molar-refractivity contribution < 1.29 is 14.4 Å². The number of nitrogens with zero attached hydrogens (tertiary/aromatic N) is 1. The SMILES string of the molecule is O=c1[nH]c(=O)n(CCCCCCCCP(=O)([O-])O)c2[nH]ccc12.[NH4+]. The van der Waals surface area contributed by atoms with E-state index in [-0.39, 0.29) is 17.9 Å². The molecule has 0 amide bonds. The Morgan fingerprint density at radius 2 is 1.75 bits per heavy atom. The predicted octanol–water partition coefficient (Wildman–Crippen LogP) is 1.28. The van der Waals surface area contributed by atoms with E-state index in [0.717, 1.165) is 32.1 Å². The van der Waals surface area contributed by atoms with Crippen molar-refractivity contribution in [3.63, 3.8) is 0 Å². The zero-order valence-electron chi connectivity index (χ0n) is 13.8. The molecular formula is C14H25N4O5P. The average Bonchev–Trinajstić information content (AvgIpc) is 2.93. The largest absolute Gasteiger partial charge is 0.779 e. The van der Waals surface area contributed by atoms with Crippen molar-refractivity contribution in [2.75, 3.05) is 6.16 Å². The molecule has 0 saturated heterocycles. The number of rotatable bonds is 9. The van der Waals surface area contributed by atoms with Gasteiger partial charge in [-0.3, -0.25) is 14.3 Å². The van der Waals surface area contributed by atoms with Crippen LogP contribution >= 0.6 is 7.60 Å². The van der Waals surface area contributed by atoms with Gasteiger partial charge >= 0.3 is 5.69 Å². The summed E-state index contributed by atoms with van der Waals surface area (Å²) in [5, 5.41) is 0.468. The van der Waals surface area contributed by atoms with Crippen LogP contribution < -0.4 is 22.3 Å². The summed E-state index contributed by atoms with van der Waals surface area (Å²) in [7, 11) is -4.11. The van der Waals surface area contributed by atoms with E-state index in [1.165, 1.54) is 4.57 Å². The van der Waals surface area contributed by atoms with E-state index in [0.29, 0.717) is 24.0 Å². The topological polar surface area (TPSA) is 168 Å². The molecule has 10 heteroatoms. The Labute approximate surface area is 138 Å². The van der Waals surface area contributed by atoms with Crippen LogP contribution in [0, 0.1) is 0 Å². The molecule has 2 rings (SSSR count). The van der Waals surface area contributed by atoms with Crippen molar-refractivity contribution in [2.45, 2.75) is 45.1 Å². The van der Waals surface area contributed by atoms with Gasteiger partial charge in [0.05, 0.1) is 5.39 Å². The lowest BCUT2D eigenvalue weighted by Gasteiger charge is -2.14. The normalized spacial score (nSPS) is 13.6. The van der Waals surface area contributed by atoms with Crippen LogP contribution in [0.25, 0.3) is 11.0 Å². The molecule has 2 heterocycles. The molecule has 0 saturated carbocycles. The molecule has 0 fully saturated rings. The van der Waals surface area contributed by atoms with Gasteiger partial charge in [0.15, 0.2) is 0 Å². The molecule has 7 N–H and O–H groups in total. The predicted molar refractivity (Wildman–Crippen MR) is 91.6 cm³/mol. The molecule has 2 aromatic rings. The summed E-state index contributed by atoms with van der Waals surface area (Å²) in [6.45, 7) is 0.513. The van der Waals surface area contributed by atoms with E-state index in [4.69, 9.17) is 4.89 Å². The molecule has 24 heavy (non-hydrogen) atoms. The number of aryl methyl sites for hydroxylation is 1. The van der Waals surface area contributed by atoms with Crippen LogP contribution in [-0.2, 0) is 11.1 Å². The van der Waals surface area contributed by atoms with E-state index in [9.17, 15) is 19.0 Å². The number of unbranched alkanes of at least 4 members (excludes halogenated alkanes) is 5. The minimum absolute atomic E-state index is 0. The zero-order valence-corrected chi connectivity index (χ0v) is 14.7. The number of quaternary nitrogens is 1. The van der Waals surface area contributed by atoms with Crippen LogP contribution in [0.4, 0.5) is 0 Å². The molecule has 0 aliphatic rings. The van der Waals surface area contributed by atoms with Gasteiger partial charge in [-0.25, -0.2) is 4.79 Å². The van der Waals surface area contributed by atoms with Gasteiger partial charge in [0.2, 0.25) is 0 Å². The Balaban J connectivity index is 0.00000288. The number of nitrogens with one attached hydrogen (secondary N) is 2. The van der Waals surface area contributed by atoms with Crippen LogP contribution in [0.1, 0.15) is 38.5 Å². The molecule has 136 valence electrons. The Morgan fingerprint density at radius 3 is 2.42 bits per heavy atom. The van der Waals surface area contributed by atoms with Crippen LogP contribution in [0.3, 0.4) is 0 Å². The first-order valence-electron chi connectivity index (χ1n) is 7.71. The van der Waals surface area contributed by atoms with Gasteiger partial charge in [0.25, 0.3) is 5.56 Å². The van der Waals surface area contributed by atoms with Crippen molar-refractivity contribution >= 4 is 18.6 Å². The summed E-state index contributed by atoms with van der Waals surface area (Å²) in [6.07, 6.45) is 6.21. The fourth-order valence-electron chi connectivity index (χ4n) is 2.60. The van der Waals surface area contributed by atoms with Crippen LogP contribution in [0.2, 0.25) is 0 Å². The van der Waals surface area contributed by atoms with E-state index in [2.05, 4.69) is 9.97 Å². The lowest BCUT2D eigenvalue weighted by atomic mass is 10.1. The lowest BCUT2D eigenvalue weighted by Crippen LogP contribution is -2.30. The Bertz CT molecular complexity index is 803. The molecule has 0 aliphatic carbocycles. The number of fused-ring (bicyclic) bond motifs is 1. The third kappa shape index (κ3) is 5.76. The zero-order chi connectivity index (χ0) is 16.9. The van der Waals surface area contributed by atoms with Gasteiger partial charge in [-0.05, 0) is 18.9 Å². The van der Waals surface area contributed by atoms with Crippen molar-refractivity contribution in [3.8, 4) is 0 Å². The molecular weight excluding hydrogens is 335 g/mol. The molecule has 1 atom stereocenters. The summed E-state index contributed by atoms with van der Waals surface area (Å²) < 4.78 is 12.1. The van der Waals surface area contributed by atoms with Gasteiger partial charge in [-0.1, -0.05) is 25.7 Å². The molecule has 0 radical (unpaired) electrons. The number of hydrogen-bond donors (Lipinski definition) is 4. The monoisotopic (exact) mass is 360 g/mol. The van der Waals surface area contributed by atoms with E-state index in [1.807, 2.05) is 0 Å². The molecule has 0 aliphatic heterocycles. The van der Waals surface area contributed by atoms with Crippen LogP contribution in [-0.4, -0.2) is 25.6 Å². The maximum absolute atomic E-state index is 11.9. The highest BCUT2D eigenvalue weighted by Gasteiger charge is 2.07. The highest BCUT2D eigenvalue weighted by Crippen LogP contribution is 2.30. The highest BCUT2D eigenvalue weighted by atomic mass is 31.2. The number of aromatic amines is 2. The summed E-state index contributed by atoms with van der Waals surface area (Å²) in [4.78, 5) is 47.9. The number of H-pyrrole nitrogens is 2. The first-order chi connectivity index (χ1) is 10.9. The van der Waals surface area contributed by atoms with Crippen molar-refractivity contribution in [1.29, 1.82) is 0 Å². The third-order valence-corrected chi connectivity index (χ3v) is 4.66. The second-order valence-electron chi connectivity index (χ2n) is 5.63. The average molecular weight is 360 g/mol. The van der Waals surface area contributed by atoms with Crippen LogP contribution in [0.15, 0.2) is 21.9 Å². The van der Waals surface area contributed by atoms with Gasteiger partial charge in [0.1, 0.15) is 13.2 Å². The van der Waals surface area contributed by atoms with Gasteiger partial charge in [0, 0.05) is 18.9 Å². The summed E-state index contributed by atoms with van der Waals surface area (Å²) in [6, 6.07) is 1.64. The maximum Gasteiger partial charge on any atom is 0.329 e. The minimum Gasteiger partial charge on any atom is -0.779 e. The van der Waals surface area contributed by atoms with Crippen molar-refractivity contribution in [3.05, 3.63) is 33.1 Å². The second-order valence-corrected chi connectivity index (χ2v) is 7.36. The smallest absolute Gasteiger partial charge is 0.329 e.